The van der Waals surface area contributed by atoms with Crippen molar-refractivity contribution in [3.63, 3.8) is 0 Å². The highest BCUT2D eigenvalue weighted by atomic mass is 32.2. The molecule has 156 valence electrons. The molecule has 0 saturated heterocycles. The molecule has 0 heterocycles. The first-order chi connectivity index (χ1) is 14.0. The summed E-state index contributed by atoms with van der Waals surface area (Å²) in [6, 6.07) is 19.7. The molecule has 0 aliphatic rings. The molecule has 0 spiro atoms. The second kappa shape index (κ2) is 12.3. The van der Waals surface area contributed by atoms with Gasteiger partial charge in [0.2, 0.25) is 11.8 Å². The first-order valence-corrected chi connectivity index (χ1v) is 11.4. The van der Waals surface area contributed by atoms with Gasteiger partial charge < -0.3 is 10.2 Å². The third-order valence-corrected chi connectivity index (χ3v) is 5.61. The minimum absolute atomic E-state index is 0.0279. The summed E-state index contributed by atoms with van der Waals surface area (Å²) in [7, 11) is 0. The number of hydrogen-bond acceptors (Lipinski definition) is 3. The van der Waals surface area contributed by atoms with Crippen molar-refractivity contribution >= 4 is 23.6 Å². The first-order valence-electron chi connectivity index (χ1n) is 10.3. The van der Waals surface area contributed by atoms with Crippen LogP contribution in [0.25, 0.3) is 0 Å². The van der Waals surface area contributed by atoms with Crippen molar-refractivity contribution in [1.82, 2.24) is 10.2 Å². The Hall–Kier alpha value is -2.27. The van der Waals surface area contributed by atoms with Crippen LogP contribution in [-0.2, 0) is 21.9 Å². The van der Waals surface area contributed by atoms with Gasteiger partial charge in [0, 0.05) is 30.5 Å². The molecule has 1 N–H and O–H groups in total. The predicted molar refractivity (Wildman–Crippen MR) is 122 cm³/mol. The van der Waals surface area contributed by atoms with Crippen molar-refractivity contribution in [3.05, 3.63) is 71.8 Å². The summed E-state index contributed by atoms with van der Waals surface area (Å²) in [6.07, 6.45) is 1.02. The standard InChI is InChI=1S/C24H32N2O2S/c1-4-22(24(28)25-19(2)3)26(17-20-11-7-5-8-12-20)23(27)15-16-29-18-21-13-9-6-10-14-21/h5-14,19,22H,4,15-18H2,1-3H3,(H,25,28). The molecule has 0 fully saturated rings. The zero-order valence-corrected chi connectivity index (χ0v) is 18.5. The van der Waals surface area contributed by atoms with Crippen molar-refractivity contribution < 1.29 is 9.59 Å². The van der Waals surface area contributed by atoms with Gasteiger partial charge in [-0.25, -0.2) is 0 Å². The molecule has 2 amide bonds. The maximum atomic E-state index is 13.1. The quantitative estimate of drug-likeness (QED) is 0.547. The van der Waals surface area contributed by atoms with Crippen LogP contribution in [0.2, 0.25) is 0 Å². The average Bonchev–Trinajstić information content (AvgIpc) is 2.72. The lowest BCUT2D eigenvalue weighted by molar-refractivity contribution is -0.141. The van der Waals surface area contributed by atoms with Gasteiger partial charge in [0.05, 0.1) is 0 Å². The molecular weight excluding hydrogens is 380 g/mol. The van der Waals surface area contributed by atoms with Gasteiger partial charge in [-0.15, -0.1) is 0 Å². The van der Waals surface area contributed by atoms with E-state index < -0.39 is 6.04 Å². The number of carbonyl (C=O) groups is 2. The summed E-state index contributed by atoms with van der Waals surface area (Å²) >= 11 is 1.75. The normalized spacial score (nSPS) is 11.9. The van der Waals surface area contributed by atoms with Gasteiger partial charge in [-0.1, -0.05) is 67.6 Å². The second-order valence-corrected chi connectivity index (χ2v) is 8.49. The molecule has 0 bridgehead atoms. The molecule has 0 radical (unpaired) electrons. The van der Waals surface area contributed by atoms with Gasteiger partial charge in [-0.2, -0.15) is 11.8 Å². The number of rotatable bonds is 11. The highest BCUT2D eigenvalue weighted by Gasteiger charge is 2.28. The molecule has 2 rings (SSSR count). The van der Waals surface area contributed by atoms with Gasteiger partial charge >= 0.3 is 0 Å². The largest absolute Gasteiger partial charge is 0.352 e. The lowest BCUT2D eigenvalue weighted by Crippen LogP contribution is -2.50. The smallest absolute Gasteiger partial charge is 0.243 e. The van der Waals surface area contributed by atoms with E-state index in [-0.39, 0.29) is 17.9 Å². The highest BCUT2D eigenvalue weighted by molar-refractivity contribution is 7.98. The number of benzene rings is 2. The third-order valence-electron chi connectivity index (χ3n) is 4.58. The minimum Gasteiger partial charge on any atom is -0.352 e. The summed E-state index contributed by atoms with van der Waals surface area (Å²) in [5.74, 6) is 1.57. The van der Waals surface area contributed by atoms with Crippen LogP contribution in [0.5, 0.6) is 0 Å². The van der Waals surface area contributed by atoms with E-state index >= 15 is 0 Å². The van der Waals surface area contributed by atoms with Gasteiger partial charge in [-0.3, -0.25) is 9.59 Å². The van der Waals surface area contributed by atoms with Crippen molar-refractivity contribution in [3.8, 4) is 0 Å². The fourth-order valence-electron chi connectivity index (χ4n) is 3.15. The zero-order chi connectivity index (χ0) is 21.1. The molecule has 0 aliphatic heterocycles. The number of thioether (sulfide) groups is 1. The fourth-order valence-corrected chi connectivity index (χ4v) is 4.04. The zero-order valence-electron chi connectivity index (χ0n) is 17.6. The molecule has 0 aliphatic carbocycles. The van der Waals surface area contributed by atoms with E-state index in [2.05, 4.69) is 17.4 Å². The summed E-state index contributed by atoms with van der Waals surface area (Å²) < 4.78 is 0. The summed E-state index contributed by atoms with van der Waals surface area (Å²) in [5.41, 5.74) is 2.29. The fraction of sp³-hybridized carbons (Fsp3) is 0.417. The van der Waals surface area contributed by atoms with E-state index in [0.29, 0.717) is 19.4 Å². The van der Waals surface area contributed by atoms with Crippen LogP contribution >= 0.6 is 11.8 Å². The lowest BCUT2D eigenvalue weighted by atomic mass is 10.1. The van der Waals surface area contributed by atoms with Gasteiger partial charge in [0.1, 0.15) is 6.04 Å². The third kappa shape index (κ3) is 7.94. The molecule has 1 unspecified atom stereocenters. The molecule has 2 aromatic rings. The summed E-state index contributed by atoms with van der Waals surface area (Å²) in [5, 5.41) is 2.97. The van der Waals surface area contributed by atoms with Crippen LogP contribution in [0.3, 0.4) is 0 Å². The molecule has 2 aromatic carbocycles. The van der Waals surface area contributed by atoms with E-state index in [0.717, 1.165) is 17.1 Å². The topological polar surface area (TPSA) is 49.4 Å². The Morgan fingerprint density at radius 3 is 2.10 bits per heavy atom. The Kier molecular flexibility index (Phi) is 9.78. The van der Waals surface area contributed by atoms with E-state index in [1.165, 1.54) is 5.56 Å². The maximum Gasteiger partial charge on any atom is 0.243 e. The van der Waals surface area contributed by atoms with Gasteiger partial charge in [0.25, 0.3) is 0 Å². The molecule has 0 saturated carbocycles. The lowest BCUT2D eigenvalue weighted by Gasteiger charge is -2.31. The number of nitrogens with one attached hydrogen (secondary N) is 1. The summed E-state index contributed by atoms with van der Waals surface area (Å²) in [4.78, 5) is 27.6. The second-order valence-electron chi connectivity index (χ2n) is 7.38. The monoisotopic (exact) mass is 412 g/mol. The van der Waals surface area contributed by atoms with E-state index in [1.54, 1.807) is 16.7 Å². The van der Waals surface area contributed by atoms with Gasteiger partial charge in [-0.05, 0) is 31.4 Å². The van der Waals surface area contributed by atoms with Crippen molar-refractivity contribution in [2.45, 2.75) is 58.0 Å². The Morgan fingerprint density at radius 2 is 1.55 bits per heavy atom. The molecule has 1 atom stereocenters. The van der Waals surface area contributed by atoms with E-state index in [1.807, 2.05) is 69.3 Å². The number of carbonyl (C=O) groups excluding carboxylic acids is 2. The van der Waals surface area contributed by atoms with Crippen molar-refractivity contribution in [2.24, 2.45) is 0 Å². The Labute approximate surface area is 179 Å². The minimum atomic E-state index is -0.454. The van der Waals surface area contributed by atoms with Crippen LogP contribution < -0.4 is 5.32 Å². The van der Waals surface area contributed by atoms with Crippen LogP contribution in [0.15, 0.2) is 60.7 Å². The number of hydrogen-bond donors (Lipinski definition) is 1. The molecule has 5 heteroatoms. The average molecular weight is 413 g/mol. The maximum absolute atomic E-state index is 13.1. The van der Waals surface area contributed by atoms with Crippen LogP contribution in [0.4, 0.5) is 0 Å². The first kappa shape index (κ1) is 23.0. The molecule has 29 heavy (non-hydrogen) atoms. The van der Waals surface area contributed by atoms with E-state index in [4.69, 9.17) is 0 Å². The van der Waals surface area contributed by atoms with Crippen LogP contribution in [0, 0.1) is 0 Å². The molecule has 4 nitrogen and oxygen atoms in total. The Balaban J connectivity index is 2.02. The number of nitrogens with zero attached hydrogens (tertiary/aromatic N) is 1. The Bertz CT molecular complexity index is 750. The van der Waals surface area contributed by atoms with Crippen LogP contribution in [0.1, 0.15) is 44.7 Å². The highest BCUT2D eigenvalue weighted by Crippen LogP contribution is 2.17. The van der Waals surface area contributed by atoms with E-state index in [9.17, 15) is 9.59 Å². The van der Waals surface area contributed by atoms with Gasteiger partial charge in [0.15, 0.2) is 0 Å². The SMILES string of the molecule is CCC(C(=O)NC(C)C)N(Cc1ccccc1)C(=O)CCSCc1ccccc1. The predicted octanol–water partition coefficient (Wildman–Crippen LogP) is 4.64. The molecule has 0 aromatic heterocycles. The van der Waals surface area contributed by atoms with Crippen molar-refractivity contribution in [1.29, 1.82) is 0 Å². The van der Waals surface area contributed by atoms with Crippen molar-refractivity contribution in [2.75, 3.05) is 5.75 Å². The number of amides is 2. The van der Waals surface area contributed by atoms with Crippen LogP contribution in [-0.4, -0.2) is 34.6 Å². The summed E-state index contributed by atoms with van der Waals surface area (Å²) in [6.45, 7) is 6.29. The Morgan fingerprint density at radius 1 is 0.966 bits per heavy atom. The molecular formula is C24H32N2O2S.